The molecule has 0 fully saturated rings. The lowest BCUT2D eigenvalue weighted by atomic mass is 10.2. The van der Waals surface area contributed by atoms with Crippen molar-refractivity contribution in [1.29, 1.82) is 0 Å². The summed E-state index contributed by atoms with van der Waals surface area (Å²) in [5, 5.41) is 1.07. The first kappa shape index (κ1) is 10.8. The predicted octanol–water partition coefficient (Wildman–Crippen LogP) is 3.09. The van der Waals surface area contributed by atoms with Crippen LogP contribution in [0.3, 0.4) is 0 Å². The van der Waals surface area contributed by atoms with Crippen molar-refractivity contribution in [3.05, 3.63) is 41.7 Å². The molecule has 3 rings (SSSR count). The lowest BCUT2D eigenvalue weighted by Gasteiger charge is -1.99. The number of furan rings is 1. The van der Waals surface area contributed by atoms with Crippen LogP contribution in [0.4, 0.5) is 5.82 Å². The maximum Gasteiger partial charge on any atom is 0.154 e. The Morgan fingerprint density at radius 1 is 1.11 bits per heavy atom. The van der Waals surface area contributed by atoms with Gasteiger partial charge in [0.25, 0.3) is 0 Å². The molecule has 0 aliphatic rings. The Morgan fingerprint density at radius 2 is 1.94 bits per heavy atom. The van der Waals surface area contributed by atoms with E-state index in [4.69, 9.17) is 10.2 Å². The molecule has 0 aliphatic heterocycles. The number of nitrogens with zero attached hydrogens (tertiary/aromatic N) is 2. The molecule has 2 aromatic heterocycles. The van der Waals surface area contributed by atoms with Crippen LogP contribution in [0.5, 0.6) is 0 Å². The topological polar surface area (TPSA) is 64.9 Å². The van der Waals surface area contributed by atoms with E-state index in [1.165, 1.54) is 0 Å². The van der Waals surface area contributed by atoms with E-state index in [1.54, 1.807) is 6.07 Å². The standard InChI is InChI=1S/C14H13N3O/c1-8-4-3-5-10-6-12(18-14(8)10)11-7-13(15)17-9(2)16-11/h3-7H,1-2H3,(H2,15,16,17). The molecule has 18 heavy (non-hydrogen) atoms. The molecule has 0 aliphatic carbocycles. The third-order valence-corrected chi connectivity index (χ3v) is 2.85. The van der Waals surface area contributed by atoms with Crippen LogP contribution in [0.15, 0.2) is 34.7 Å². The molecule has 0 saturated carbocycles. The van der Waals surface area contributed by atoms with Gasteiger partial charge in [-0.1, -0.05) is 18.2 Å². The summed E-state index contributed by atoms with van der Waals surface area (Å²) in [6.07, 6.45) is 0. The van der Waals surface area contributed by atoms with Crippen molar-refractivity contribution < 1.29 is 4.42 Å². The molecule has 4 heteroatoms. The van der Waals surface area contributed by atoms with Gasteiger partial charge in [0.1, 0.15) is 22.9 Å². The number of anilines is 1. The molecule has 0 unspecified atom stereocenters. The van der Waals surface area contributed by atoms with Crippen LogP contribution in [0.1, 0.15) is 11.4 Å². The first-order chi connectivity index (χ1) is 8.63. The van der Waals surface area contributed by atoms with Crippen LogP contribution in [-0.2, 0) is 0 Å². The molecule has 0 spiro atoms. The van der Waals surface area contributed by atoms with Gasteiger partial charge in [0.15, 0.2) is 5.76 Å². The molecule has 0 atom stereocenters. The normalized spacial score (nSPS) is 11.0. The first-order valence-corrected chi connectivity index (χ1v) is 5.74. The zero-order chi connectivity index (χ0) is 12.7. The summed E-state index contributed by atoms with van der Waals surface area (Å²) in [6.45, 7) is 3.84. The predicted molar refractivity (Wildman–Crippen MR) is 71.1 cm³/mol. The van der Waals surface area contributed by atoms with Crippen molar-refractivity contribution in [3.63, 3.8) is 0 Å². The fourth-order valence-corrected chi connectivity index (χ4v) is 2.05. The van der Waals surface area contributed by atoms with E-state index in [2.05, 4.69) is 9.97 Å². The highest BCUT2D eigenvalue weighted by atomic mass is 16.3. The average molecular weight is 239 g/mol. The summed E-state index contributed by atoms with van der Waals surface area (Å²) in [4.78, 5) is 8.40. The minimum absolute atomic E-state index is 0.453. The van der Waals surface area contributed by atoms with Gasteiger partial charge < -0.3 is 10.2 Å². The Bertz CT molecular complexity index is 711. The van der Waals surface area contributed by atoms with Gasteiger partial charge in [-0.3, -0.25) is 0 Å². The number of hydrogen-bond donors (Lipinski definition) is 1. The fraction of sp³-hybridized carbons (Fsp3) is 0.143. The third-order valence-electron chi connectivity index (χ3n) is 2.85. The van der Waals surface area contributed by atoms with Crippen molar-refractivity contribution in [3.8, 4) is 11.5 Å². The first-order valence-electron chi connectivity index (χ1n) is 5.74. The van der Waals surface area contributed by atoms with Crippen LogP contribution in [-0.4, -0.2) is 9.97 Å². The van der Waals surface area contributed by atoms with E-state index >= 15 is 0 Å². The quantitative estimate of drug-likeness (QED) is 0.708. The molecular formula is C14H13N3O. The van der Waals surface area contributed by atoms with E-state index in [1.807, 2.05) is 38.1 Å². The minimum Gasteiger partial charge on any atom is -0.454 e. The van der Waals surface area contributed by atoms with Gasteiger partial charge in [0, 0.05) is 11.5 Å². The van der Waals surface area contributed by atoms with Gasteiger partial charge in [-0.2, -0.15) is 0 Å². The van der Waals surface area contributed by atoms with E-state index in [-0.39, 0.29) is 0 Å². The Labute approximate surface area is 104 Å². The van der Waals surface area contributed by atoms with Gasteiger partial charge in [0.05, 0.1) is 0 Å². The Balaban J connectivity index is 2.22. The molecule has 3 aromatic rings. The second-order valence-corrected chi connectivity index (χ2v) is 4.33. The maximum absolute atomic E-state index is 5.85. The van der Waals surface area contributed by atoms with Crippen molar-refractivity contribution >= 4 is 16.8 Å². The maximum atomic E-state index is 5.85. The smallest absolute Gasteiger partial charge is 0.154 e. The largest absolute Gasteiger partial charge is 0.454 e. The number of nitrogen functional groups attached to an aromatic ring is 1. The van der Waals surface area contributed by atoms with E-state index < -0.39 is 0 Å². The summed E-state index contributed by atoms with van der Waals surface area (Å²) >= 11 is 0. The SMILES string of the molecule is Cc1nc(N)cc(-c2cc3cccc(C)c3o2)n1. The molecule has 0 bridgehead atoms. The summed E-state index contributed by atoms with van der Waals surface area (Å²) in [6, 6.07) is 9.75. The molecule has 1 aromatic carbocycles. The Hall–Kier alpha value is -2.36. The number of benzene rings is 1. The zero-order valence-electron chi connectivity index (χ0n) is 10.3. The fourth-order valence-electron chi connectivity index (χ4n) is 2.05. The summed E-state index contributed by atoms with van der Waals surface area (Å²) in [7, 11) is 0. The number of rotatable bonds is 1. The van der Waals surface area contributed by atoms with E-state index in [0.717, 1.165) is 28.0 Å². The molecule has 4 nitrogen and oxygen atoms in total. The van der Waals surface area contributed by atoms with Crippen LogP contribution in [0, 0.1) is 13.8 Å². The molecule has 0 radical (unpaired) electrons. The number of aromatic nitrogens is 2. The number of para-hydroxylation sites is 1. The van der Waals surface area contributed by atoms with Gasteiger partial charge >= 0.3 is 0 Å². The highest BCUT2D eigenvalue weighted by Gasteiger charge is 2.10. The minimum atomic E-state index is 0.453. The molecular weight excluding hydrogens is 226 g/mol. The lowest BCUT2D eigenvalue weighted by Crippen LogP contribution is -1.96. The van der Waals surface area contributed by atoms with Gasteiger partial charge in [-0.25, -0.2) is 9.97 Å². The molecule has 0 amide bonds. The van der Waals surface area contributed by atoms with Gasteiger partial charge in [-0.05, 0) is 25.5 Å². The van der Waals surface area contributed by atoms with Gasteiger partial charge in [0.2, 0.25) is 0 Å². The molecule has 90 valence electrons. The van der Waals surface area contributed by atoms with Crippen LogP contribution >= 0.6 is 0 Å². The van der Waals surface area contributed by atoms with E-state index in [9.17, 15) is 0 Å². The van der Waals surface area contributed by atoms with Gasteiger partial charge in [-0.15, -0.1) is 0 Å². The second kappa shape index (κ2) is 3.84. The monoisotopic (exact) mass is 239 g/mol. The summed E-state index contributed by atoms with van der Waals surface area (Å²) in [5.74, 6) is 1.81. The number of fused-ring (bicyclic) bond motifs is 1. The lowest BCUT2D eigenvalue weighted by molar-refractivity contribution is 0.625. The molecule has 0 saturated heterocycles. The Morgan fingerprint density at radius 3 is 2.67 bits per heavy atom. The summed E-state index contributed by atoms with van der Waals surface area (Å²) in [5.41, 5.74) is 8.45. The van der Waals surface area contributed by atoms with Crippen molar-refractivity contribution in [2.75, 3.05) is 5.73 Å². The number of hydrogen-bond acceptors (Lipinski definition) is 4. The second-order valence-electron chi connectivity index (χ2n) is 4.33. The molecule has 2 heterocycles. The van der Waals surface area contributed by atoms with Crippen LogP contribution in [0.25, 0.3) is 22.4 Å². The number of aryl methyl sites for hydroxylation is 2. The zero-order valence-corrected chi connectivity index (χ0v) is 10.3. The van der Waals surface area contributed by atoms with E-state index in [0.29, 0.717) is 11.6 Å². The van der Waals surface area contributed by atoms with Crippen LogP contribution < -0.4 is 5.73 Å². The summed E-state index contributed by atoms with van der Waals surface area (Å²) < 4.78 is 5.85. The van der Waals surface area contributed by atoms with Crippen molar-refractivity contribution in [2.24, 2.45) is 0 Å². The van der Waals surface area contributed by atoms with Crippen molar-refractivity contribution in [1.82, 2.24) is 9.97 Å². The highest BCUT2D eigenvalue weighted by Crippen LogP contribution is 2.29. The van der Waals surface area contributed by atoms with Crippen molar-refractivity contribution in [2.45, 2.75) is 13.8 Å². The number of nitrogens with two attached hydrogens (primary N) is 1. The average Bonchev–Trinajstić information content (AvgIpc) is 2.73. The van der Waals surface area contributed by atoms with Crippen LogP contribution in [0.2, 0.25) is 0 Å². The Kier molecular flexibility index (Phi) is 2.30. The third kappa shape index (κ3) is 1.72. The highest BCUT2D eigenvalue weighted by molar-refractivity contribution is 5.84. The molecule has 2 N–H and O–H groups in total.